The maximum Gasteiger partial charge on any atom is 0.471 e. The summed E-state index contributed by atoms with van der Waals surface area (Å²) in [6.45, 7) is 1.27. The molecule has 0 radical (unpaired) electrons. The first-order chi connectivity index (χ1) is 13.9. The van der Waals surface area contributed by atoms with Gasteiger partial charge in [-0.1, -0.05) is 19.1 Å². The minimum atomic E-state index is -4.97. The monoisotopic (exact) mass is 445 g/mol. The second-order valence-corrected chi connectivity index (χ2v) is 8.06. The van der Waals surface area contributed by atoms with Gasteiger partial charge in [0.1, 0.15) is 0 Å². The summed E-state index contributed by atoms with van der Waals surface area (Å²) in [5.74, 6) is -3.39. The summed E-state index contributed by atoms with van der Waals surface area (Å²) < 4.78 is 66.9. The Kier molecular flexibility index (Phi) is 7.08. The Bertz CT molecular complexity index is 1030. The van der Waals surface area contributed by atoms with Crippen molar-refractivity contribution >= 4 is 21.7 Å². The lowest BCUT2D eigenvalue weighted by molar-refractivity contribution is -0.173. The predicted octanol–water partition coefficient (Wildman–Crippen LogP) is 2.76. The number of hydrogen-bond acceptors (Lipinski definition) is 6. The molecule has 0 atom stereocenters. The minimum Gasteiger partial charge on any atom is -0.504 e. The molecule has 0 saturated carbocycles. The summed E-state index contributed by atoms with van der Waals surface area (Å²) >= 11 is 0. The quantitative estimate of drug-likeness (QED) is 0.501. The number of phenolic OH excluding ortho intramolecular Hbond substituents is 1. The average molecular weight is 445 g/mol. The molecule has 0 aromatic heterocycles. The van der Waals surface area contributed by atoms with Gasteiger partial charge >= 0.3 is 18.1 Å². The third-order valence-electron chi connectivity index (χ3n) is 3.94. The third-order valence-corrected chi connectivity index (χ3v) is 5.71. The van der Waals surface area contributed by atoms with Crippen molar-refractivity contribution in [3.63, 3.8) is 0 Å². The number of benzene rings is 2. The van der Waals surface area contributed by atoms with Crippen LogP contribution in [0.4, 0.5) is 13.2 Å². The molecule has 2 N–H and O–H groups in total. The molecule has 0 saturated heterocycles. The molecule has 0 bridgehead atoms. The Morgan fingerprint density at radius 1 is 1.07 bits per heavy atom. The van der Waals surface area contributed by atoms with Crippen LogP contribution in [0.2, 0.25) is 0 Å². The molecule has 7 nitrogen and oxygen atoms in total. The zero-order valence-electron chi connectivity index (χ0n) is 15.7. The molecular weight excluding hydrogens is 427 g/mol. The molecule has 0 aliphatic heterocycles. The Morgan fingerprint density at radius 2 is 1.67 bits per heavy atom. The topological polar surface area (TPSA) is 110 Å². The van der Waals surface area contributed by atoms with E-state index < -0.39 is 33.6 Å². The first-order valence-electron chi connectivity index (χ1n) is 8.68. The normalized spacial score (nSPS) is 11.7. The highest BCUT2D eigenvalue weighted by Crippen LogP contribution is 2.31. The van der Waals surface area contributed by atoms with Gasteiger partial charge in [-0.05, 0) is 36.2 Å². The van der Waals surface area contributed by atoms with Crippen LogP contribution < -0.4 is 10.1 Å². The van der Waals surface area contributed by atoms with E-state index in [0.29, 0.717) is 5.56 Å². The molecule has 0 aliphatic carbocycles. The maximum atomic E-state index is 12.8. The number of rotatable bonds is 7. The van der Waals surface area contributed by atoms with Crippen LogP contribution in [0, 0.1) is 0 Å². The number of amides is 1. The lowest BCUT2D eigenvalue weighted by Gasteiger charge is -2.10. The number of alkyl halides is 3. The van der Waals surface area contributed by atoms with Crippen molar-refractivity contribution in [1.82, 2.24) is 5.32 Å². The van der Waals surface area contributed by atoms with Crippen LogP contribution in [-0.4, -0.2) is 38.1 Å². The third kappa shape index (κ3) is 5.72. The van der Waals surface area contributed by atoms with Crippen LogP contribution in [0.3, 0.4) is 0 Å². The van der Waals surface area contributed by atoms with E-state index >= 15 is 0 Å². The summed E-state index contributed by atoms with van der Waals surface area (Å²) in [5, 5.41) is 11.5. The molecule has 2 aromatic rings. The fourth-order valence-electron chi connectivity index (χ4n) is 2.33. The second kappa shape index (κ2) is 9.16. The van der Waals surface area contributed by atoms with Crippen molar-refractivity contribution in [2.45, 2.75) is 35.7 Å². The van der Waals surface area contributed by atoms with Gasteiger partial charge in [-0.15, -0.1) is 0 Å². The predicted molar refractivity (Wildman–Crippen MR) is 98.7 cm³/mol. The number of carbonyl (C=O) groups is 2. The van der Waals surface area contributed by atoms with Gasteiger partial charge in [-0.2, -0.15) is 13.2 Å². The molecule has 162 valence electrons. The second-order valence-electron chi connectivity index (χ2n) is 6.11. The van der Waals surface area contributed by atoms with Gasteiger partial charge in [0.25, 0.3) is 0 Å². The van der Waals surface area contributed by atoms with E-state index in [9.17, 15) is 36.3 Å². The van der Waals surface area contributed by atoms with E-state index in [0.717, 1.165) is 18.2 Å². The maximum absolute atomic E-state index is 12.8. The first-order valence-corrected chi connectivity index (χ1v) is 10.2. The van der Waals surface area contributed by atoms with Crippen LogP contribution >= 0.6 is 0 Å². The first kappa shape index (κ1) is 23.2. The minimum absolute atomic E-state index is 0.0291. The van der Waals surface area contributed by atoms with Gasteiger partial charge in [-0.25, -0.2) is 8.42 Å². The smallest absolute Gasteiger partial charge is 0.471 e. The van der Waals surface area contributed by atoms with Crippen LogP contribution in [0.15, 0.2) is 52.3 Å². The number of hydrogen-bond donors (Lipinski definition) is 2. The van der Waals surface area contributed by atoms with E-state index in [1.165, 1.54) is 31.2 Å². The summed E-state index contributed by atoms with van der Waals surface area (Å²) in [6.07, 6.45) is -4.87. The van der Waals surface area contributed by atoms with E-state index in [1.54, 1.807) is 5.32 Å². The molecule has 1 amide bonds. The van der Waals surface area contributed by atoms with E-state index in [2.05, 4.69) is 0 Å². The molecular formula is C19H18F3NO6S. The van der Waals surface area contributed by atoms with Gasteiger partial charge in [0.15, 0.2) is 11.5 Å². The number of sulfone groups is 1. The van der Waals surface area contributed by atoms with E-state index in [1.807, 2.05) is 0 Å². The van der Waals surface area contributed by atoms with Gasteiger partial charge in [0.2, 0.25) is 9.84 Å². The average Bonchev–Trinajstić information content (AvgIpc) is 2.69. The van der Waals surface area contributed by atoms with Crippen LogP contribution in [-0.2, 0) is 25.8 Å². The summed E-state index contributed by atoms with van der Waals surface area (Å²) in [7, 11) is -4.01. The molecule has 11 heteroatoms. The zero-order chi connectivity index (χ0) is 22.5. The van der Waals surface area contributed by atoms with Crippen molar-refractivity contribution in [3.05, 3.63) is 48.0 Å². The summed E-state index contributed by atoms with van der Waals surface area (Å²) in [4.78, 5) is 21.9. The molecule has 0 spiro atoms. The van der Waals surface area contributed by atoms with Crippen molar-refractivity contribution in [3.8, 4) is 11.5 Å². The molecule has 0 unspecified atom stereocenters. The molecule has 2 rings (SSSR count). The molecule has 0 aliphatic rings. The number of nitrogens with one attached hydrogen (secondary N) is 1. The van der Waals surface area contributed by atoms with Gasteiger partial charge in [0.05, 0.1) is 9.79 Å². The summed E-state index contributed by atoms with van der Waals surface area (Å²) in [5.41, 5.74) is 0.514. The summed E-state index contributed by atoms with van der Waals surface area (Å²) in [6, 6.07) is 8.61. The lowest BCUT2D eigenvalue weighted by atomic mass is 10.1. The van der Waals surface area contributed by atoms with Crippen LogP contribution in [0.5, 0.6) is 11.5 Å². The lowest BCUT2D eigenvalue weighted by Crippen LogP contribution is -2.37. The van der Waals surface area contributed by atoms with E-state index in [-0.39, 0.29) is 34.9 Å². The Balaban J connectivity index is 2.14. The standard InChI is InChI=1S/C19H18F3NO6S/c1-2-17(25)29-16-11-14(7-8-15(16)24)30(27,28)13-5-3-12(4-6-13)9-10-23-18(26)19(20,21)22/h3-8,11,24H,2,9-10H2,1H3,(H,23,26). The SMILES string of the molecule is CCC(=O)Oc1cc(S(=O)(=O)c2ccc(CCNC(=O)C(F)(F)F)cc2)ccc1O. The Morgan fingerprint density at radius 3 is 2.23 bits per heavy atom. The Labute approximate surface area is 170 Å². The molecule has 0 fully saturated rings. The molecule has 2 aromatic carbocycles. The van der Waals surface area contributed by atoms with Crippen LogP contribution in [0.25, 0.3) is 0 Å². The highest BCUT2D eigenvalue weighted by atomic mass is 32.2. The van der Waals surface area contributed by atoms with Crippen molar-refractivity contribution < 1.29 is 41.0 Å². The number of carbonyl (C=O) groups excluding carboxylic acids is 2. The van der Waals surface area contributed by atoms with Crippen molar-refractivity contribution in [2.24, 2.45) is 0 Å². The van der Waals surface area contributed by atoms with Gasteiger partial charge in [-0.3, -0.25) is 9.59 Å². The number of phenols is 1. The number of aromatic hydroxyl groups is 1. The fraction of sp³-hybridized carbons (Fsp3) is 0.263. The Hall–Kier alpha value is -3.08. The van der Waals surface area contributed by atoms with Crippen molar-refractivity contribution in [2.75, 3.05) is 6.54 Å². The molecule has 30 heavy (non-hydrogen) atoms. The fourth-order valence-corrected chi connectivity index (χ4v) is 3.61. The number of halogens is 3. The number of ether oxygens (including phenoxy) is 1. The van der Waals surface area contributed by atoms with E-state index in [4.69, 9.17) is 4.74 Å². The largest absolute Gasteiger partial charge is 0.504 e. The van der Waals surface area contributed by atoms with Gasteiger partial charge < -0.3 is 15.2 Å². The highest BCUT2D eigenvalue weighted by molar-refractivity contribution is 7.91. The van der Waals surface area contributed by atoms with Gasteiger partial charge in [0, 0.05) is 19.0 Å². The van der Waals surface area contributed by atoms with Crippen LogP contribution in [0.1, 0.15) is 18.9 Å². The highest BCUT2D eigenvalue weighted by Gasteiger charge is 2.38. The number of esters is 1. The van der Waals surface area contributed by atoms with Crippen molar-refractivity contribution in [1.29, 1.82) is 0 Å². The zero-order valence-corrected chi connectivity index (χ0v) is 16.5. The molecule has 0 heterocycles.